The van der Waals surface area contributed by atoms with Crippen molar-refractivity contribution in [2.45, 2.75) is 31.6 Å². The Morgan fingerprint density at radius 3 is 2.62 bits per heavy atom. The Kier molecular flexibility index (Phi) is 6.46. The van der Waals surface area contributed by atoms with Gasteiger partial charge in [-0.25, -0.2) is 13.1 Å². The van der Waals surface area contributed by atoms with Gasteiger partial charge in [-0.2, -0.15) is 0 Å². The molecule has 0 saturated heterocycles. The van der Waals surface area contributed by atoms with Crippen molar-refractivity contribution in [3.05, 3.63) is 23.2 Å². The summed E-state index contributed by atoms with van der Waals surface area (Å²) in [6.07, 6.45) is 1.36. The molecule has 0 aliphatic carbocycles. The Hall–Kier alpha value is -0.820. The van der Waals surface area contributed by atoms with Crippen LogP contribution in [0.4, 0.5) is 0 Å². The van der Waals surface area contributed by atoms with Crippen LogP contribution in [0, 0.1) is 5.41 Å². The number of methoxy groups -OCH3 is 1. The van der Waals surface area contributed by atoms with E-state index in [9.17, 15) is 8.42 Å². The second kappa shape index (κ2) is 7.45. The zero-order valence-corrected chi connectivity index (χ0v) is 14.1. The third-order valence-corrected chi connectivity index (χ3v) is 4.84. The molecule has 0 bridgehead atoms. The van der Waals surface area contributed by atoms with Gasteiger partial charge in [0.15, 0.2) is 0 Å². The lowest BCUT2D eigenvalue weighted by atomic mass is 9.88. The second-order valence-corrected chi connectivity index (χ2v) is 7.78. The summed E-state index contributed by atoms with van der Waals surface area (Å²) in [5.74, 6) is 0.211. The van der Waals surface area contributed by atoms with Gasteiger partial charge in [0, 0.05) is 24.2 Å². The molecule has 2 N–H and O–H groups in total. The maximum atomic E-state index is 12.4. The SMILES string of the molecule is COc1cc(Cl)ccc1S(=O)(=O)NCC(C)(C)CCCO. The van der Waals surface area contributed by atoms with Crippen molar-refractivity contribution in [1.29, 1.82) is 0 Å². The molecule has 0 atom stereocenters. The minimum absolute atomic E-state index is 0.0624. The van der Waals surface area contributed by atoms with Crippen molar-refractivity contribution in [2.24, 2.45) is 5.41 Å². The summed E-state index contributed by atoms with van der Waals surface area (Å²) in [4.78, 5) is 0.0624. The van der Waals surface area contributed by atoms with Crippen LogP contribution in [-0.2, 0) is 10.0 Å². The summed E-state index contributed by atoms with van der Waals surface area (Å²) in [5.41, 5.74) is -0.241. The highest BCUT2D eigenvalue weighted by Gasteiger charge is 2.24. The topological polar surface area (TPSA) is 75.6 Å². The van der Waals surface area contributed by atoms with Crippen molar-refractivity contribution in [2.75, 3.05) is 20.3 Å². The van der Waals surface area contributed by atoms with E-state index >= 15 is 0 Å². The highest BCUT2D eigenvalue weighted by Crippen LogP contribution is 2.28. The van der Waals surface area contributed by atoms with Gasteiger partial charge in [-0.3, -0.25) is 0 Å². The summed E-state index contributed by atoms with van der Waals surface area (Å²) in [5, 5.41) is 9.27. The van der Waals surface area contributed by atoms with Gasteiger partial charge in [0.05, 0.1) is 7.11 Å². The summed E-state index contributed by atoms with van der Waals surface area (Å²) in [6, 6.07) is 4.40. The Balaban J connectivity index is 2.87. The fourth-order valence-corrected chi connectivity index (χ4v) is 3.43. The van der Waals surface area contributed by atoms with E-state index in [-0.39, 0.29) is 29.2 Å². The van der Waals surface area contributed by atoms with E-state index in [0.29, 0.717) is 11.4 Å². The van der Waals surface area contributed by atoms with Crippen LogP contribution >= 0.6 is 11.6 Å². The molecule has 5 nitrogen and oxygen atoms in total. The molecule has 7 heteroatoms. The molecule has 0 saturated carbocycles. The number of sulfonamides is 1. The van der Waals surface area contributed by atoms with Crippen molar-refractivity contribution >= 4 is 21.6 Å². The molecule has 0 radical (unpaired) electrons. The lowest BCUT2D eigenvalue weighted by molar-refractivity contribution is 0.242. The predicted octanol–water partition coefficient (Wildman–Crippen LogP) is 2.43. The maximum Gasteiger partial charge on any atom is 0.244 e. The average Bonchev–Trinajstić information content (AvgIpc) is 2.43. The third-order valence-electron chi connectivity index (χ3n) is 3.17. The van der Waals surface area contributed by atoms with E-state index in [1.165, 1.54) is 25.3 Å². The molecule has 0 amide bonds. The average molecular weight is 336 g/mol. The van der Waals surface area contributed by atoms with Crippen LogP contribution in [0.2, 0.25) is 5.02 Å². The fraction of sp³-hybridized carbons (Fsp3) is 0.571. The Labute approximate surface area is 131 Å². The van der Waals surface area contributed by atoms with Crippen molar-refractivity contribution in [3.8, 4) is 5.75 Å². The van der Waals surface area contributed by atoms with Gasteiger partial charge in [0.2, 0.25) is 10.0 Å². The lowest BCUT2D eigenvalue weighted by Crippen LogP contribution is -2.34. The van der Waals surface area contributed by atoms with E-state index in [4.69, 9.17) is 21.4 Å². The molecule has 0 fully saturated rings. The molecule has 0 aromatic heterocycles. The highest BCUT2D eigenvalue weighted by atomic mass is 35.5. The first kappa shape index (κ1) is 18.2. The summed E-state index contributed by atoms with van der Waals surface area (Å²) < 4.78 is 32.4. The molecule has 0 unspecified atom stereocenters. The quantitative estimate of drug-likeness (QED) is 0.765. The first-order valence-corrected chi connectivity index (χ1v) is 8.52. The Morgan fingerprint density at radius 2 is 2.05 bits per heavy atom. The van der Waals surface area contributed by atoms with Crippen LogP contribution in [0.15, 0.2) is 23.1 Å². The summed E-state index contributed by atoms with van der Waals surface area (Å²) in [6.45, 7) is 4.27. The van der Waals surface area contributed by atoms with Gasteiger partial charge >= 0.3 is 0 Å². The van der Waals surface area contributed by atoms with Crippen molar-refractivity contribution in [1.82, 2.24) is 4.72 Å². The van der Waals surface area contributed by atoms with Crippen LogP contribution in [0.25, 0.3) is 0 Å². The Bertz CT molecular complexity index is 572. The van der Waals surface area contributed by atoms with Crippen LogP contribution in [0.3, 0.4) is 0 Å². The van der Waals surface area contributed by atoms with Crippen LogP contribution in [0.5, 0.6) is 5.75 Å². The van der Waals surface area contributed by atoms with Crippen LogP contribution in [-0.4, -0.2) is 33.8 Å². The van der Waals surface area contributed by atoms with Gasteiger partial charge in [-0.15, -0.1) is 0 Å². The first-order chi connectivity index (χ1) is 9.72. The van der Waals surface area contributed by atoms with E-state index in [1.807, 2.05) is 13.8 Å². The minimum Gasteiger partial charge on any atom is -0.495 e. The van der Waals surface area contributed by atoms with Gasteiger partial charge in [-0.05, 0) is 30.4 Å². The number of rotatable bonds is 8. The minimum atomic E-state index is -3.67. The van der Waals surface area contributed by atoms with Crippen LogP contribution in [0.1, 0.15) is 26.7 Å². The zero-order valence-electron chi connectivity index (χ0n) is 12.5. The number of benzene rings is 1. The number of halogens is 1. The van der Waals surface area contributed by atoms with Crippen molar-refractivity contribution in [3.63, 3.8) is 0 Å². The molecule has 0 spiro atoms. The van der Waals surface area contributed by atoms with E-state index in [2.05, 4.69) is 4.72 Å². The van der Waals surface area contributed by atoms with E-state index in [1.54, 1.807) is 0 Å². The Morgan fingerprint density at radius 1 is 1.38 bits per heavy atom. The second-order valence-electron chi connectivity index (χ2n) is 5.61. The van der Waals surface area contributed by atoms with Gasteiger partial charge in [-0.1, -0.05) is 25.4 Å². The fourth-order valence-electron chi connectivity index (χ4n) is 1.88. The lowest BCUT2D eigenvalue weighted by Gasteiger charge is -2.24. The summed E-state index contributed by atoms with van der Waals surface area (Å²) >= 11 is 5.83. The van der Waals surface area contributed by atoms with Crippen molar-refractivity contribution < 1.29 is 18.3 Å². The number of aliphatic hydroxyl groups excluding tert-OH is 1. The van der Waals surface area contributed by atoms with E-state index in [0.717, 1.165) is 6.42 Å². The molecule has 0 aliphatic heterocycles. The van der Waals surface area contributed by atoms with Gasteiger partial charge < -0.3 is 9.84 Å². The molecular weight excluding hydrogens is 314 g/mol. The molecule has 0 aliphatic rings. The first-order valence-electron chi connectivity index (χ1n) is 6.66. The molecule has 0 heterocycles. The molecule has 1 rings (SSSR count). The number of hydrogen-bond donors (Lipinski definition) is 2. The predicted molar refractivity (Wildman–Crippen MR) is 83.3 cm³/mol. The van der Waals surface area contributed by atoms with Gasteiger partial charge in [0.1, 0.15) is 10.6 Å². The molecule has 1 aromatic rings. The maximum absolute atomic E-state index is 12.4. The summed E-state index contributed by atoms with van der Waals surface area (Å²) in [7, 11) is -2.28. The van der Waals surface area contributed by atoms with Crippen LogP contribution < -0.4 is 9.46 Å². The number of ether oxygens (including phenoxy) is 1. The normalized spacial score (nSPS) is 12.4. The third kappa shape index (κ3) is 5.47. The monoisotopic (exact) mass is 335 g/mol. The highest BCUT2D eigenvalue weighted by molar-refractivity contribution is 7.89. The standard InChI is InChI=1S/C14H22ClNO4S/c1-14(2,7-4-8-17)10-16-21(18,19)13-6-5-11(15)9-12(13)20-3/h5-6,9,16-17H,4,7-8,10H2,1-3H3. The zero-order chi connectivity index (χ0) is 16.1. The van der Waals surface area contributed by atoms with Gasteiger partial charge in [0.25, 0.3) is 0 Å². The molecule has 21 heavy (non-hydrogen) atoms. The number of nitrogens with one attached hydrogen (secondary N) is 1. The molecule has 120 valence electrons. The largest absolute Gasteiger partial charge is 0.495 e. The molecular formula is C14H22ClNO4S. The molecule has 1 aromatic carbocycles. The van der Waals surface area contributed by atoms with E-state index < -0.39 is 10.0 Å². The number of aliphatic hydroxyl groups is 1. The smallest absolute Gasteiger partial charge is 0.244 e. The number of hydrogen-bond acceptors (Lipinski definition) is 4.